The van der Waals surface area contributed by atoms with Gasteiger partial charge in [0.25, 0.3) is 5.91 Å². The van der Waals surface area contributed by atoms with Crippen LogP contribution in [-0.4, -0.2) is 36.1 Å². The Bertz CT molecular complexity index is 972. The monoisotopic (exact) mass is 378 g/mol. The highest BCUT2D eigenvalue weighted by Crippen LogP contribution is 2.18. The van der Waals surface area contributed by atoms with Crippen molar-refractivity contribution < 1.29 is 19.1 Å². The van der Waals surface area contributed by atoms with Crippen molar-refractivity contribution in [1.29, 1.82) is 0 Å². The van der Waals surface area contributed by atoms with Crippen LogP contribution < -0.4 is 15.4 Å². The Kier molecular flexibility index (Phi) is 5.81. The van der Waals surface area contributed by atoms with Gasteiger partial charge >= 0.3 is 5.97 Å². The lowest BCUT2D eigenvalue weighted by Crippen LogP contribution is -2.14. The summed E-state index contributed by atoms with van der Waals surface area (Å²) in [6.45, 7) is 0. The van der Waals surface area contributed by atoms with E-state index in [2.05, 4.69) is 25.3 Å². The van der Waals surface area contributed by atoms with Gasteiger partial charge in [-0.1, -0.05) is 0 Å². The molecule has 3 rings (SSSR count). The number of aromatic nitrogens is 2. The van der Waals surface area contributed by atoms with E-state index in [0.717, 1.165) is 0 Å². The van der Waals surface area contributed by atoms with E-state index in [1.807, 2.05) is 0 Å². The number of carbonyl (C=O) groups excluding carboxylic acids is 2. The molecule has 0 bridgehead atoms. The number of hydrogen-bond donors (Lipinski definition) is 2. The fraction of sp³-hybridized carbons (Fsp3) is 0.100. The molecule has 0 aliphatic heterocycles. The minimum atomic E-state index is -0.411. The molecule has 2 N–H and O–H groups in total. The van der Waals surface area contributed by atoms with E-state index in [-0.39, 0.29) is 11.6 Å². The van der Waals surface area contributed by atoms with Gasteiger partial charge in [-0.3, -0.25) is 4.79 Å². The molecule has 1 amide bonds. The smallest absolute Gasteiger partial charge is 0.337 e. The molecule has 8 nitrogen and oxygen atoms in total. The number of amides is 1. The highest BCUT2D eigenvalue weighted by molar-refractivity contribution is 6.03. The Morgan fingerprint density at radius 2 is 1.57 bits per heavy atom. The van der Waals surface area contributed by atoms with E-state index in [4.69, 9.17) is 4.74 Å². The summed E-state index contributed by atoms with van der Waals surface area (Å²) in [6, 6.07) is 15.2. The van der Waals surface area contributed by atoms with Crippen molar-refractivity contribution >= 4 is 29.1 Å². The summed E-state index contributed by atoms with van der Waals surface area (Å²) in [5.74, 6) is 0.369. The molecule has 3 aromatic rings. The highest BCUT2D eigenvalue weighted by atomic mass is 16.5. The number of carbonyl (C=O) groups is 2. The van der Waals surface area contributed by atoms with Gasteiger partial charge in [-0.15, -0.1) is 0 Å². The topological polar surface area (TPSA) is 102 Å². The van der Waals surface area contributed by atoms with Crippen molar-refractivity contribution in [3.63, 3.8) is 0 Å². The highest BCUT2D eigenvalue weighted by Gasteiger charge is 2.10. The molecular formula is C20H18N4O4. The predicted octanol–water partition coefficient (Wildman–Crippen LogP) is 3.27. The van der Waals surface area contributed by atoms with Crippen LogP contribution in [0.25, 0.3) is 0 Å². The molecule has 1 aromatic heterocycles. The van der Waals surface area contributed by atoms with Crippen molar-refractivity contribution in [1.82, 2.24) is 9.97 Å². The lowest BCUT2D eigenvalue weighted by molar-refractivity contribution is 0.0600. The molecule has 0 atom stereocenters. The molecule has 142 valence electrons. The van der Waals surface area contributed by atoms with Crippen LogP contribution in [0.2, 0.25) is 0 Å². The molecule has 0 aliphatic carbocycles. The maximum Gasteiger partial charge on any atom is 0.337 e. The minimum absolute atomic E-state index is 0.208. The molecular weight excluding hydrogens is 360 g/mol. The summed E-state index contributed by atoms with van der Waals surface area (Å²) >= 11 is 0. The van der Waals surface area contributed by atoms with Gasteiger partial charge in [-0.2, -0.15) is 0 Å². The summed E-state index contributed by atoms with van der Waals surface area (Å²) in [5.41, 5.74) is 1.97. The van der Waals surface area contributed by atoms with Crippen molar-refractivity contribution in [3.8, 4) is 5.75 Å². The summed E-state index contributed by atoms with van der Waals surface area (Å²) in [6.07, 6.45) is 1.30. The van der Waals surface area contributed by atoms with Crippen LogP contribution in [-0.2, 0) is 4.74 Å². The maximum absolute atomic E-state index is 12.4. The summed E-state index contributed by atoms with van der Waals surface area (Å²) < 4.78 is 9.76. The van der Waals surface area contributed by atoms with Crippen LogP contribution in [0.3, 0.4) is 0 Å². The molecule has 0 radical (unpaired) electrons. The first-order chi connectivity index (χ1) is 13.6. The second-order valence-electron chi connectivity index (χ2n) is 5.67. The first-order valence-electron chi connectivity index (χ1n) is 8.32. The third kappa shape index (κ3) is 4.61. The van der Waals surface area contributed by atoms with Gasteiger partial charge in [-0.05, 0) is 48.5 Å². The second-order valence-corrected chi connectivity index (χ2v) is 5.67. The minimum Gasteiger partial charge on any atom is -0.497 e. The van der Waals surface area contributed by atoms with E-state index in [1.165, 1.54) is 19.5 Å². The Balaban J connectivity index is 1.69. The van der Waals surface area contributed by atoms with E-state index < -0.39 is 5.97 Å². The molecule has 28 heavy (non-hydrogen) atoms. The van der Waals surface area contributed by atoms with Crippen molar-refractivity contribution in [2.24, 2.45) is 0 Å². The van der Waals surface area contributed by atoms with Gasteiger partial charge in [-0.25, -0.2) is 14.8 Å². The largest absolute Gasteiger partial charge is 0.497 e. The molecule has 0 spiro atoms. The summed E-state index contributed by atoms with van der Waals surface area (Å²) in [4.78, 5) is 32.0. The molecule has 0 aliphatic rings. The van der Waals surface area contributed by atoms with Crippen molar-refractivity contribution in [2.75, 3.05) is 24.9 Å². The molecule has 0 saturated carbocycles. The van der Waals surface area contributed by atoms with Gasteiger partial charge < -0.3 is 20.1 Å². The fourth-order valence-corrected chi connectivity index (χ4v) is 2.37. The van der Waals surface area contributed by atoms with Gasteiger partial charge in [0.15, 0.2) is 0 Å². The second kappa shape index (κ2) is 8.63. The quantitative estimate of drug-likeness (QED) is 0.635. The zero-order chi connectivity index (χ0) is 19.9. The Morgan fingerprint density at radius 1 is 0.893 bits per heavy atom. The van der Waals surface area contributed by atoms with Crippen molar-refractivity contribution in [3.05, 3.63) is 72.2 Å². The van der Waals surface area contributed by atoms with Crippen LogP contribution >= 0.6 is 0 Å². The van der Waals surface area contributed by atoms with Gasteiger partial charge in [0.1, 0.15) is 23.6 Å². The van der Waals surface area contributed by atoms with Crippen LogP contribution in [0.15, 0.2) is 60.9 Å². The number of benzene rings is 2. The molecule has 1 heterocycles. The van der Waals surface area contributed by atoms with E-state index in [0.29, 0.717) is 28.5 Å². The lowest BCUT2D eigenvalue weighted by atomic mass is 10.2. The summed E-state index contributed by atoms with van der Waals surface area (Å²) in [5, 5.41) is 5.83. The molecule has 0 saturated heterocycles. The van der Waals surface area contributed by atoms with Crippen LogP contribution in [0.4, 0.5) is 17.2 Å². The third-order valence-electron chi connectivity index (χ3n) is 3.83. The van der Waals surface area contributed by atoms with Crippen molar-refractivity contribution in [2.45, 2.75) is 0 Å². The zero-order valence-electron chi connectivity index (χ0n) is 15.3. The van der Waals surface area contributed by atoms with Gasteiger partial charge in [0.2, 0.25) is 0 Å². The Hall–Kier alpha value is -3.94. The van der Waals surface area contributed by atoms with Crippen LogP contribution in [0.1, 0.15) is 20.8 Å². The molecule has 0 unspecified atom stereocenters. The normalized spacial score (nSPS) is 10.1. The molecule has 0 fully saturated rings. The van der Waals surface area contributed by atoms with Crippen LogP contribution in [0.5, 0.6) is 5.75 Å². The third-order valence-corrected chi connectivity index (χ3v) is 3.83. The lowest BCUT2D eigenvalue weighted by Gasteiger charge is -2.08. The Morgan fingerprint density at radius 3 is 2.21 bits per heavy atom. The predicted molar refractivity (Wildman–Crippen MR) is 104 cm³/mol. The number of nitrogens with one attached hydrogen (secondary N) is 2. The fourth-order valence-electron chi connectivity index (χ4n) is 2.37. The SMILES string of the molecule is COC(=O)c1ccc(Nc2cc(C(=O)Nc3ccc(OC)cc3)ncn2)cc1. The van der Waals surface area contributed by atoms with Crippen LogP contribution in [0, 0.1) is 0 Å². The number of esters is 1. The maximum atomic E-state index is 12.4. The summed E-state index contributed by atoms with van der Waals surface area (Å²) in [7, 11) is 2.90. The number of rotatable bonds is 6. The zero-order valence-corrected chi connectivity index (χ0v) is 15.3. The number of methoxy groups -OCH3 is 2. The average Bonchev–Trinajstić information content (AvgIpc) is 2.74. The average molecular weight is 378 g/mol. The van der Waals surface area contributed by atoms with E-state index in [1.54, 1.807) is 55.6 Å². The number of hydrogen-bond acceptors (Lipinski definition) is 7. The Labute approximate surface area is 161 Å². The first-order valence-corrected chi connectivity index (χ1v) is 8.32. The number of anilines is 3. The van der Waals surface area contributed by atoms with Gasteiger partial charge in [0, 0.05) is 17.4 Å². The van der Waals surface area contributed by atoms with Gasteiger partial charge in [0.05, 0.1) is 19.8 Å². The van der Waals surface area contributed by atoms with E-state index >= 15 is 0 Å². The number of nitrogens with zero attached hydrogens (tertiary/aromatic N) is 2. The standard InChI is InChI=1S/C20H18N4O4/c1-27-16-9-7-15(8-10-16)24-19(25)17-11-18(22-12-21-17)23-14-5-3-13(4-6-14)20(26)28-2/h3-12H,1-2H3,(H,24,25)(H,21,22,23). The number of ether oxygens (including phenoxy) is 2. The molecule has 2 aromatic carbocycles. The molecule has 8 heteroatoms. The van der Waals surface area contributed by atoms with E-state index in [9.17, 15) is 9.59 Å². The first kappa shape index (κ1) is 18.8.